The van der Waals surface area contributed by atoms with E-state index in [1.807, 2.05) is 22.6 Å². The summed E-state index contributed by atoms with van der Waals surface area (Å²) in [4.78, 5) is 11.4. The van der Waals surface area contributed by atoms with Crippen molar-refractivity contribution in [2.45, 2.75) is 19.3 Å². The number of carboxylic acids is 1. The van der Waals surface area contributed by atoms with E-state index in [1.165, 1.54) is 4.70 Å². The largest absolute Gasteiger partial charge is 0.481 e. The zero-order valence-corrected chi connectivity index (χ0v) is 10.4. The van der Waals surface area contributed by atoms with Gasteiger partial charge in [0.15, 0.2) is 0 Å². The van der Waals surface area contributed by atoms with Crippen LogP contribution in [-0.4, -0.2) is 25.7 Å². The highest BCUT2D eigenvalue weighted by Crippen LogP contribution is 2.26. The fourth-order valence-electron chi connectivity index (χ4n) is 1.99. The van der Waals surface area contributed by atoms with Gasteiger partial charge in [0.1, 0.15) is 5.82 Å². The van der Waals surface area contributed by atoms with Gasteiger partial charge in [-0.1, -0.05) is 23.5 Å². The number of fused-ring (bicyclic) bond motifs is 3. The van der Waals surface area contributed by atoms with Crippen LogP contribution in [0.1, 0.15) is 18.7 Å². The second-order valence-electron chi connectivity index (χ2n) is 4.05. The lowest BCUT2D eigenvalue weighted by atomic mass is 10.2. The third-order valence-corrected chi connectivity index (χ3v) is 3.81. The SMILES string of the molecule is O=C(O)CCCc1nnc2sc3ccccc3n12. The molecule has 0 fully saturated rings. The van der Waals surface area contributed by atoms with Crippen molar-refractivity contribution in [3.8, 4) is 0 Å². The summed E-state index contributed by atoms with van der Waals surface area (Å²) in [5.41, 5.74) is 1.09. The lowest BCUT2D eigenvalue weighted by Gasteiger charge is -1.97. The van der Waals surface area contributed by atoms with Crippen LogP contribution in [0.15, 0.2) is 24.3 Å². The minimum atomic E-state index is -0.772. The lowest BCUT2D eigenvalue weighted by Crippen LogP contribution is -1.99. The highest BCUT2D eigenvalue weighted by molar-refractivity contribution is 7.23. The topological polar surface area (TPSA) is 67.5 Å². The third-order valence-electron chi connectivity index (χ3n) is 2.80. The van der Waals surface area contributed by atoms with Gasteiger partial charge in [-0.2, -0.15) is 0 Å². The molecule has 3 rings (SSSR count). The van der Waals surface area contributed by atoms with Gasteiger partial charge in [-0.05, 0) is 18.6 Å². The molecule has 92 valence electrons. The number of aromatic nitrogens is 3. The zero-order chi connectivity index (χ0) is 12.5. The van der Waals surface area contributed by atoms with E-state index in [1.54, 1.807) is 11.3 Å². The molecular weight excluding hydrogens is 250 g/mol. The molecule has 3 aromatic rings. The Kier molecular flexibility index (Phi) is 2.71. The number of carbonyl (C=O) groups is 1. The number of thiazole rings is 1. The van der Waals surface area contributed by atoms with Crippen molar-refractivity contribution < 1.29 is 9.90 Å². The molecule has 2 aromatic heterocycles. The Morgan fingerprint density at radius 2 is 2.17 bits per heavy atom. The van der Waals surface area contributed by atoms with E-state index in [0.717, 1.165) is 16.3 Å². The Bertz CT molecular complexity index is 716. The molecule has 1 N–H and O–H groups in total. The summed E-state index contributed by atoms with van der Waals surface area (Å²) in [5.74, 6) is 0.0645. The minimum absolute atomic E-state index is 0.164. The van der Waals surface area contributed by atoms with E-state index in [4.69, 9.17) is 5.11 Å². The van der Waals surface area contributed by atoms with Crippen LogP contribution in [0.5, 0.6) is 0 Å². The lowest BCUT2D eigenvalue weighted by molar-refractivity contribution is -0.137. The predicted octanol–water partition coefficient (Wildman–Crippen LogP) is 2.35. The maximum Gasteiger partial charge on any atom is 0.303 e. The molecule has 5 nitrogen and oxygen atoms in total. The summed E-state index contributed by atoms with van der Waals surface area (Å²) in [7, 11) is 0. The molecule has 0 aliphatic rings. The van der Waals surface area contributed by atoms with Crippen LogP contribution >= 0.6 is 11.3 Å². The Labute approximate surface area is 107 Å². The average Bonchev–Trinajstić information content (AvgIpc) is 2.88. The molecule has 1 aromatic carbocycles. The van der Waals surface area contributed by atoms with Gasteiger partial charge >= 0.3 is 5.97 Å². The number of nitrogens with zero attached hydrogens (tertiary/aromatic N) is 3. The number of hydrogen-bond acceptors (Lipinski definition) is 4. The molecule has 0 bridgehead atoms. The molecule has 0 saturated carbocycles. The number of carboxylic acid groups (broad SMARTS) is 1. The molecule has 0 unspecified atom stereocenters. The van der Waals surface area contributed by atoms with E-state index in [0.29, 0.717) is 12.8 Å². The third kappa shape index (κ3) is 1.84. The molecule has 0 spiro atoms. The molecule has 0 atom stereocenters. The molecule has 0 amide bonds. The molecule has 6 heteroatoms. The van der Waals surface area contributed by atoms with Crippen molar-refractivity contribution in [2.75, 3.05) is 0 Å². The standard InChI is InChI=1S/C12H11N3O2S/c16-11(17)7-3-6-10-13-14-12-15(10)8-4-1-2-5-9(8)18-12/h1-2,4-5H,3,6-7H2,(H,16,17). The zero-order valence-electron chi connectivity index (χ0n) is 9.54. The van der Waals surface area contributed by atoms with E-state index in [9.17, 15) is 4.79 Å². The first-order valence-electron chi connectivity index (χ1n) is 5.69. The average molecular weight is 261 g/mol. The highest BCUT2D eigenvalue weighted by Gasteiger charge is 2.11. The van der Waals surface area contributed by atoms with Crippen LogP contribution in [0.3, 0.4) is 0 Å². The molecule has 0 aliphatic heterocycles. The van der Waals surface area contributed by atoms with Gasteiger partial charge in [0.05, 0.1) is 10.2 Å². The number of aliphatic carboxylic acids is 1. The van der Waals surface area contributed by atoms with Crippen LogP contribution < -0.4 is 0 Å². The first-order valence-corrected chi connectivity index (χ1v) is 6.50. The van der Waals surface area contributed by atoms with Crippen molar-refractivity contribution in [3.05, 3.63) is 30.1 Å². The molecule has 2 heterocycles. The number of aryl methyl sites for hydroxylation is 1. The second-order valence-corrected chi connectivity index (χ2v) is 5.06. The van der Waals surface area contributed by atoms with Gasteiger partial charge in [0.2, 0.25) is 4.96 Å². The van der Waals surface area contributed by atoms with Crippen molar-refractivity contribution in [1.82, 2.24) is 14.6 Å². The number of rotatable bonds is 4. The van der Waals surface area contributed by atoms with Crippen LogP contribution in [0.25, 0.3) is 15.2 Å². The van der Waals surface area contributed by atoms with Crippen molar-refractivity contribution >= 4 is 32.5 Å². The molecule has 0 radical (unpaired) electrons. The Morgan fingerprint density at radius 3 is 3.00 bits per heavy atom. The van der Waals surface area contributed by atoms with E-state index < -0.39 is 5.97 Å². The fourth-order valence-corrected chi connectivity index (χ4v) is 2.98. The van der Waals surface area contributed by atoms with Crippen LogP contribution in [0, 0.1) is 0 Å². The van der Waals surface area contributed by atoms with Gasteiger partial charge in [-0.15, -0.1) is 10.2 Å². The van der Waals surface area contributed by atoms with Crippen molar-refractivity contribution in [2.24, 2.45) is 0 Å². The maximum atomic E-state index is 10.5. The summed E-state index contributed by atoms with van der Waals surface area (Å²) < 4.78 is 3.18. The molecular formula is C12H11N3O2S. The van der Waals surface area contributed by atoms with Gasteiger partial charge in [-0.25, -0.2) is 0 Å². The normalized spacial score (nSPS) is 11.3. The van der Waals surface area contributed by atoms with E-state index >= 15 is 0 Å². The predicted molar refractivity (Wildman–Crippen MR) is 68.9 cm³/mol. The van der Waals surface area contributed by atoms with Gasteiger partial charge < -0.3 is 5.11 Å². The Balaban J connectivity index is 1.99. The smallest absolute Gasteiger partial charge is 0.303 e. The summed E-state index contributed by atoms with van der Waals surface area (Å²) >= 11 is 1.60. The van der Waals surface area contributed by atoms with Gasteiger partial charge in [0.25, 0.3) is 0 Å². The Hall–Kier alpha value is -1.95. The summed E-state index contributed by atoms with van der Waals surface area (Å²) in [6.07, 6.45) is 1.38. The molecule has 0 aliphatic carbocycles. The van der Waals surface area contributed by atoms with E-state index in [2.05, 4.69) is 16.3 Å². The van der Waals surface area contributed by atoms with Crippen LogP contribution in [-0.2, 0) is 11.2 Å². The Morgan fingerprint density at radius 1 is 1.33 bits per heavy atom. The number of benzene rings is 1. The first kappa shape index (κ1) is 11.2. The maximum absolute atomic E-state index is 10.5. The molecule has 0 saturated heterocycles. The summed E-state index contributed by atoms with van der Waals surface area (Å²) in [6.45, 7) is 0. The van der Waals surface area contributed by atoms with Gasteiger partial charge in [-0.3, -0.25) is 9.20 Å². The first-order chi connectivity index (χ1) is 8.75. The summed E-state index contributed by atoms with van der Waals surface area (Å²) in [6, 6.07) is 8.06. The van der Waals surface area contributed by atoms with Crippen molar-refractivity contribution in [1.29, 1.82) is 0 Å². The van der Waals surface area contributed by atoms with Gasteiger partial charge in [0, 0.05) is 12.8 Å². The van der Waals surface area contributed by atoms with Crippen LogP contribution in [0.2, 0.25) is 0 Å². The molecule has 18 heavy (non-hydrogen) atoms. The monoisotopic (exact) mass is 261 g/mol. The second kappa shape index (κ2) is 4.38. The number of hydrogen-bond donors (Lipinski definition) is 1. The van der Waals surface area contributed by atoms with Crippen LogP contribution in [0.4, 0.5) is 0 Å². The highest BCUT2D eigenvalue weighted by atomic mass is 32.1. The minimum Gasteiger partial charge on any atom is -0.481 e. The number of para-hydroxylation sites is 1. The van der Waals surface area contributed by atoms with Crippen molar-refractivity contribution in [3.63, 3.8) is 0 Å². The summed E-state index contributed by atoms with van der Waals surface area (Å²) in [5, 5.41) is 16.9. The fraction of sp³-hybridized carbons (Fsp3) is 0.250. The van der Waals surface area contributed by atoms with E-state index in [-0.39, 0.29) is 6.42 Å². The quantitative estimate of drug-likeness (QED) is 0.782.